The number of furan rings is 1. The van der Waals surface area contributed by atoms with Gasteiger partial charge in [-0.05, 0) is 37.1 Å². The second-order valence-corrected chi connectivity index (χ2v) is 6.59. The third-order valence-electron chi connectivity index (χ3n) is 4.55. The summed E-state index contributed by atoms with van der Waals surface area (Å²) in [4.78, 5) is 0. The highest BCUT2D eigenvalue weighted by molar-refractivity contribution is 5.85. The van der Waals surface area contributed by atoms with E-state index in [1.54, 1.807) is 6.92 Å². The normalized spacial score (nSPS) is 14.2. The van der Waals surface area contributed by atoms with Crippen LogP contribution in [-0.4, -0.2) is 16.3 Å². The number of aliphatic hydroxyl groups excluding tert-OH is 2. The molecule has 0 aliphatic rings. The van der Waals surface area contributed by atoms with Crippen molar-refractivity contribution < 1.29 is 14.6 Å². The van der Waals surface area contributed by atoms with Crippen molar-refractivity contribution in [3.8, 4) is 11.3 Å². The fourth-order valence-corrected chi connectivity index (χ4v) is 2.87. The van der Waals surface area contributed by atoms with Crippen molar-refractivity contribution in [3.05, 3.63) is 83.6 Å². The van der Waals surface area contributed by atoms with Crippen molar-refractivity contribution in [2.45, 2.75) is 38.6 Å². The van der Waals surface area contributed by atoms with Crippen molar-refractivity contribution in [2.75, 3.05) is 0 Å². The van der Waals surface area contributed by atoms with Gasteiger partial charge >= 0.3 is 0 Å². The monoisotopic (exact) mass is 387 g/mol. The topological polar surface area (TPSA) is 65.6 Å². The summed E-state index contributed by atoms with van der Waals surface area (Å²) in [5.41, 5.74) is 2.75. The van der Waals surface area contributed by atoms with Gasteiger partial charge in [0, 0.05) is 11.6 Å². The molecule has 3 atom stereocenters. The van der Waals surface area contributed by atoms with Gasteiger partial charge in [-0.15, -0.1) is 12.4 Å². The smallest absolute Gasteiger partial charge is 0.134 e. The molecule has 4 nitrogen and oxygen atoms in total. The Morgan fingerprint density at radius 2 is 1.52 bits per heavy atom. The van der Waals surface area contributed by atoms with Crippen LogP contribution in [0.5, 0.6) is 0 Å². The molecule has 3 N–H and O–H groups in total. The fraction of sp³-hybridized carbons (Fsp3) is 0.273. The molecule has 3 unspecified atom stereocenters. The largest absolute Gasteiger partial charge is 0.460 e. The fourth-order valence-electron chi connectivity index (χ4n) is 2.87. The molecule has 0 bridgehead atoms. The van der Waals surface area contributed by atoms with Crippen LogP contribution in [0.1, 0.15) is 42.9 Å². The first-order chi connectivity index (χ1) is 12.5. The van der Waals surface area contributed by atoms with E-state index in [1.807, 2.05) is 73.7 Å². The summed E-state index contributed by atoms with van der Waals surface area (Å²) in [5, 5.41) is 23.3. The number of rotatable bonds is 7. The first kappa shape index (κ1) is 21.2. The van der Waals surface area contributed by atoms with Crippen LogP contribution in [0.4, 0.5) is 0 Å². The lowest BCUT2D eigenvalue weighted by Crippen LogP contribution is -2.31. The Balaban J connectivity index is 0.00000261. The molecule has 0 saturated carbocycles. The average molecular weight is 388 g/mol. The Kier molecular flexibility index (Phi) is 7.63. The molecule has 0 amide bonds. The molecule has 0 saturated heterocycles. The third-order valence-corrected chi connectivity index (χ3v) is 4.55. The lowest BCUT2D eigenvalue weighted by molar-refractivity contribution is 0.134. The molecule has 5 heteroatoms. The van der Waals surface area contributed by atoms with Gasteiger partial charge in [-0.3, -0.25) is 0 Å². The Morgan fingerprint density at radius 3 is 2.15 bits per heavy atom. The van der Waals surface area contributed by atoms with E-state index >= 15 is 0 Å². The minimum absolute atomic E-state index is 0. The van der Waals surface area contributed by atoms with Crippen LogP contribution in [0.25, 0.3) is 11.3 Å². The van der Waals surface area contributed by atoms with Crippen molar-refractivity contribution in [1.82, 2.24) is 5.32 Å². The maximum absolute atomic E-state index is 10.4. The Labute approximate surface area is 166 Å². The Bertz CT molecular complexity index is 815. The maximum atomic E-state index is 10.4. The number of hydrogen-bond donors (Lipinski definition) is 3. The number of benzene rings is 2. The van der Waals surface area contributed by atoms with E-state index in [-0.39, 0.29) is 18.4 Å². The highest BCUT2D eigenvalue weighted by atomic mass is 35.5. The Hall–Kier alpha value is -2.11. The van der Waals surface area contributed by atoms with E-state index in [1.165, 1.54) is 0 Å². The summed E-state index contributed by atoms with van der Waals surface area (Å²) in [6, 6.07) is 21.1. The standard InChI is InChI=1S/C22H25NO3.ClH/c1-15(22(25)19-6-4-3-5-7-19)23-14-20-12-13-21(26-20)18-10-8-17(9-11-18)16(2)24;/h3-13,15-16,22-25H,14H2,1-2H3;1H. The average Bonchev–Trinajstić information content (AvgIpc) is 3.15. The number of aliphatic hydroxyl groups is 2. The molecule has 1 aromatic heterocycles. The van der Waals surface area contributed by atoms with E-state index in [2.05, 4.69) is 5.32 Å². The van der Waals surface area contributed by atoms with Gasteiger partial charge in [0.25, 0.3) is 0 Å². The summed E-state index contributed by atoms with van der Waals surface area (Å²) in [6.07, 6.45) is -1.04. The second-order valence-electron chi connectivity index (χ2n) is 6.59. The van der Waals surface area contributed by atoms with E-state index < -0.39 is 12.2 Å². The number of halogens is 1. The summed E-state index contributed by atoms with van der Waals surface area (Å²) in [6.45, 7) is 4.24. The van der Waals surface area contributed by atoms with Crippen molar-refractivity contribution in [3.63, 3.8) is 0 Å². The van der Waals surface area contributed by atoms with Gasteiger partial charge in [-0.25, -0.2) is 0 Å². The summed E-state index contributed by atoms with van der Waals surface area (Å²) in [5.74, 6) is 1.60. The molecule has 0 fully saturated rings. The highest BCUT2D eigenvalue weighted by Crippen LogP contribution is 2.24. The van der Waals surface area contributed by atoms with Crippen LogP contribution in [0.3, 0.4) is 0 Å². The summed E-state index contributed by atoms with van der Waals surface area (Å²) >= 11 is 0. The first-order valence-electron chi connectivity index (χ1n) is 8.88. The van der Waals surface area contributed by atoms with Gasteiger partial charge in [0.15, 0.2) is 0 Å². The van der Waals surface area contributed by atoms with Gasteiger partial charge in [-0.1, -0.05) is 54.6 Å². The quantitative estimate of drug-likeness (QED) is 0.552. The van der Waals surface area contributed by atoms with Crippen molar-refractivity contribution >= 4 is 12.4 Å². The second kappa shape index (κ2) is 9.72. The predicted molar refractivity (Wildman–Crippen MR) is 110 cm³/mol. The molecule has 0 radical (unpaired) electrons. The van der Waals surface area contributed by atoms with Crippen LogP contribution < -0.4 is 5.32 Å². The van der Waals surface area contributed by atoms with Gasteiger partial charge in [-0.2, -0.15) is 0 Å². The molecular formula is C22H26ClNO3. The predicted octanol–water partition coefficient (Wildman–Crippen LogP) is 4.63. The van der Waals surface area contributed by atoms with Crippen LogP contribution >= 0.6 is 12.4 Å². The SMILES string of the molecule is CC(O)c1ccc(-c2ccc(CNC(C)C(O)c3ccccc3)o2)cc1.Cl. The molecule has 27 heavy (non-hydrogen) atoms. The van der Waals surface area contributed by atoms with Gasteiger partial charge in [0.05, 0.1) is 18.8 Å². The zero-order valence-corrected chi connectivity index (χ0v) is 16.3. The summed E-state index contributed by atoms with van der Waals surface area (Å²) in [7, 11) is 0. The van der Waals surface area contributed by atoms with E-state index in [0.717, 1.165) is 28.2 Å². The van der Waals surface area contributed by atoms with Gasteiger partial charge in [0.1, 0.15) is 11.5 Å². The molecular weight excluding hydrogens is 362 g/mol. The number of nitrogens with one attached hydrogen (secondary N) is 1. The molecule has 3 aromatic rings. The highest BCUT2D eigenvalue weighted by Gasteiger charge is 2.16. The lowest BCUT2D eigenvalue weighted by atomic mass is 10.0. The van der Waals surface area contributed by atoms with Crippen molar-refractivity contribution in [2.24, 2.45) is 0 Å². The minimum atomic E-state index is -0.571. The molecule has 3 rings (SSSR count). The number of hydrogen-bond acceptors (Lipinski definition) is 4. The van der Waals surface area contributed by atoms with Gasteiger partial charge in [0.2, 0.25) is 0 Å². The van der Waals surface area contributed by atoms with Crippen molar-refractivity contribution in [1.29, 1.82) is 0 Å². The molecule has 144 valence electrons. The van der Waals surface area contributed by atoms with Crippen LogP contribution in [0.2, 0.25) is 0 Å². The lowest BCUT2D eigenvalue weighted by Gasteiger charge is -2.20. The third kappa shape index (κ3) is 5.44. The van der Waals surface area contributed by atoms with Gasteiger partial charge < -0.3 is 19.9 Å². The zero-order chi connectivity index (χ0) is 18.5. The minimum Gasteiger partial charge on any atom is -0.460 e. The molecule has 2 aromatic carbocycles. The van der Waals surface area contributed by atoms with E-state index in [9.17, 15) is 10.2 Å². The summed E-state index contributed by atoms with van der Waals surface area (Å²) < 4.78 is 5.90. The van der Waals surface area contributed by atoms with E-state index in [4.69, 9.17) is 4.42 Å². The Morgan fingerprint density at radius 1 is 0.852 bits per heavy atom. The maximum Gasteiger partial charge on any atom is 0.134 e. The first-order valence-corrected chi connectivity index (χ1v) is 8.88. The molecule has 0 spiro atoms. The van der Waals surface area contributed by atoms with E-state index in [0.29, 0.717) is 6.54 Å². The zero-order valence-electron chi connectivity index (χ0n) is 15.5. The van der Waals surface area contributed by atoms with Crippen LogP contribution in [0.15, 0.2) is 71.1 Å². The van der Waals surface area contributed by atoms with Crippen LogP contribution in [0, 0.1) is 0 Å². The molecule has 0 aliphatic carbocycles. The molecule has 0 aliphatic heterocycles. The molecule has 1 heterocycles. The van der Waals surface area contributed by atoms with Crippen LogP contribution in [-0.2, 0) is 6.54 Å².